The maximum atomic E-state index is 11.9. The lowest BCUT2D eigenvalue weighted by atomic mass is 10.1. The van der Waals surface area contributed by atoms with Crippen molar-refractivity contribution in [3.63, 3.8) is 0 Å². The van der Waals surface area contributed by atoms with Gasteiger partial charge in [0.2, 0.25) is 5.91 Å². The van der Waals surface area contributed by atoms with Crippen molar-refractivity contribution in [2.45, 2.75) is 19.4 Å². The second-order valence-electron chi connectivity index (χ2n) is 4.46. The molecule has 1 aliphatic rings. The molecule has 2 rings (SSSR count). The van der Waals surface area contributed by atoms with Crippen LogP contribution in [0.2, 0.25) is 10.0 Å². The first-order valence-electron chi connectivity index (χ1n) is 5.73. The van der Waals surface area contributed by atoms with E-state index in [1.807, 2.05) is 13.0 Å². The Morgan fingerprint density at radius 1 is 1.50 bits per heavy atom. The molecule has 1 heterocycles. The van der Waals surface area contributed by atoms with Crippen molar-refractivity contribution in [1.29, 1.82) is 0 Å². The zero-order valence-electron chi connectivity index (χ0n) is 9.99. The number of benzene rings is 1. The molecule has 1 fully saturated rings. The van der Waals surface area contributed by atoms with Crippen LogP contribution >= 0.6 is 23.2 Å². The molecule has 2 unspecified atom stereocenters. The van der Waals surface area contributed by atoms with Gasteiger partial charge in [0.1, 0.15) is 0 Å². The molecule has 1 saturated heterocycles. The van der Waals surface area contributed by atoms with Crippen LogP contribution < -0.4 is 0 Å². The van der Waals surface area contributed by atoms with Crippen LogP contribution in [0.5, 0.6) is 0 Å². The van der Waals surface area contributed by atoms with Crippen molar-refractivity contribution >= 4 is 29.1 Å². The third-order valence-electron chi connectivity index (χ3n) is 3.27. The third-order valence-corrected chi connectivity index (χ3v) is 3.84. The quantitative estimate of drug-likeness (QED) is 0.760. The molecular formula is C14H13Cl2NO. The Hall–Kier alpha value is -1.17. The Labute approximate surface area is 117 Å². The first-order valence-corrected chi connectivity index (χ1v) is 6.49. The van der Waals surface area contributed by atoms with Gasteiger partial charge in [0.05, 0.1) is 6.04 Å². The van der Waals surface area contributed by atoms with Crippen molar-refractivity contribution in [3.05, 3.63) is 33.8 Å². The molecule has 0 aliphatic carbocycles. The van der Waals surface area contributed by atoms with Crippen molar-refractivity contribution < 1.29 is 4.79 Å². The van der Waals surface area contributed by atoms with Gasteiger partial charge in [-0.3, -0.25) is 4.79 Å². The van der Waals surface area contributed by atoms with E-state index >= 15 is 0 Å². The summed E-state index contributed by atoms with van der Waals surface area (Å²) in [5, 5.41) is 1.16. The van der Waals surface area contributed by atoms with Gasteiger partial charge in [-0.25, -0.2) is 0 Å². The first-order chi connectivity index (χ1) is 8.52. The second kappa shape index (κ2) is 5.22. The van der Waals surface area contributed by atoms with E-state index < -0.39 is 0 Å². The first kappa shape index (κ1) is 13.3. The minimum Gasteiger partial charge on any atom is -0.335 e. The van der Waals surface area contributed by atoms with Crippen LogP contribution in [0, 0.1) is 18.3 Å². The highest BCUT2D eigenvalue weighted by Crippen LogP contribution is 2.33. The lowest BCUT2D eigenvalue weighted by Crippen LogP contribution is -2.28. The Bertz CT molecular complexity index is 521. The Morgan fingerprint density at radius 2 is 2.22 bits per heavy atom. The van der Waals surface area contributed by atoms with Crippen molar-refractivity contribution in [3.8, 4) is 12.3 Å². The van der Waals surface area contributed by atoms with Crippen molar-refractivity contribution in [2.75, 3.05) is 6.54 Å². The van der Waals surface area contributed by atoms with Crippen LogP contribution in [-0.2, 0) is 4.79 Å². The molecule has 0 spiro atoms. The lowest BCUT2D eigenvalue weighted by Gasteiger charge is -2.25. The topological polar surface area (TPSA) is 20.3 Å². The number of likely N-dealkylation sites (tertiary alicyclic amines) is 1. The summed E-state index contributed by atoms with van der Waals surface area (Å²) in [5.74, 6) is 2.72. The maximum Gasteiger partial charge on any atom is 0.224 e. The number of amides is 1. The largest absolute Gasteiger partial charge is 0.335 e. The summed E-state index contributed by atoms with van der Waals surface area (Å²) >= 11 is 12.0. The summed E-state index contributed by atoms with van der Waals surface area (Å²) in [4.78, 5) is 13.7. The fourth-order valence-electron chi connectivity index (χ4n) is 2.23. The molecule has 4 heteroatoms. The van der Waals surface area contributed by atoms with Gasteiger partial charge < -0.3 is 4.90 Å². The Morgan fingerprint density at radius 3 is 2.78 bits per heavy atom. The fraction of sp³-hybridized carbons (Fsp3) is 0.357. The second-order valence-corrected chi connectivity index (χ2v) is 5.30. The van der Waals surface area contributed by atoms with E-state index in [2.05, 4.69) is 5.92 Å². The minimum absolute atomic E-state index is 0.00558. The average molecular weight is 282 g/mol. The van der Waals surface area contributed by atoms with E-state index in [-0.39, 0.29) is 17.9 Å². The van der Waals surface area contributed by atoms with Crippen LogP contribution in [0.25, 0.3) is 0 Å². The molecule has 2 atom stereocenters. The summed E-state index contributed by atoms with van der Waals surface area (Å²) in [7, 11) is 0. The van der Waals surface area contributed by atoms with Crippen molar-refractivity contribution in [2.24, 2.45) is 5.92 Å². The molecule has 0 N–H and O–H groups in total. The van der Waals surface area contributed by atoms with Gasteiger partial charge in [-0.2, -0.15) is 0 Å². The molecule has 18 heavy (non-hydrogen) atoms. The lowest BCUT2D eigenvalue weighted by molar-refractivity contribution is -0.129. The number of hydrogen-bond acceptors (Lipinski definition) is 1. The molecule has 1 aliphatic heterocycles. The highest BCUT2D eigenvalue weighted by molar-refractivity contribution is 6.35. The number of hydrogen-bond donors (Lipinski definition) is 0. The number of carbonyl (C=O) groups excluding carboxylic acids is 1. The maximum absolute atomic E-state index is 11.9. The number of rotatable bonds is 2. The molecule has 94 valence electrons. The smallest absolute Gasteiger partial charge is 0.224 e. The van der Waals surface area contributed by atoms with E-state index in [9.17, 15) is 4.79 Å². The highest BCUT2D eigenvalue weighted by Gasteiger charge is 2.32. The van der Waals surface area contributed by atoms with Gasteiger partial charge in [-0.1, -0.05) is 29.3 Å². The van der Waals surface area contributed by atoms with E-state index in [0.29, 0.717) is 23.0 Å². The number of carbonyl (C=O) groups is 1. The number of terminal acetylenes is 1. The number of halogens is 2. The predicted octanol–water partition coefficient (Wildman–Crippen LogP) is 3.54. The van der Waals surface area contributed by atoms with Gasteiger partial charge in [0.25, 0.3) is 0 Å². The van der Waals surface area contributed by atoms with Gasteiger partial charge in [-0.05, 0) is 24.6 Å². The Balaban J connectivity index is 2.24. The van der Waals surface area contributed by atoms with Crippen LogP contribution in [0.15, 0.2) is 18.2 Å². The fourth-order valence-corrected chi connectivity index (χ4v) is 2.79. The standard InChI is InChI=1S/C14H13Cl2NO/c1-3-10-6-14(18)17(8-10)9(2)12-5-4-11(15)7-13(12)16/h1,4-5,7,9-10H,6,8H2,2H3. The summed E-state index contributed by atoms with van der Waals surface area (Å²) < 4.78 is 0. The summed E-state index contributed by atoms with van der Waals surface area (Å²) in [6.07, 6.45) is 5.80. The average Bonchev–Trinajstić information content (AvgIpc) is 2.70. The van der Waals surface area contributed by atoms with Gasteiger partial charge in [-0.15, -0.1) is 12.3 Å². The zero-order chi connectivity index (χ0) is 13.3. The van der Waals surface area contributed by atoms with Crippen molar-refractivity contribution in [1.82, 2.24) is 4.90 Å². The molecular weight excluding hydrogens is 269 g/mol. The zero-order valence-corrected chi connectivity index (χ0v) is 11.5. The summed E-state index contributed by atoms with van der Waals surface area (Å²) in [6, 6.07) is 5.24. The molecule has 2 nitrogen and oxygen atoms in total. The van der Waals surface area contributed by atoms with Crippen LogP contribution in [0.1, 0.15) is 24.9 Å². The monoisotopic (exact) mass is 281 g/mol. The molecule has 0 saturated carbocycles. The molecule has 0 radical (unpaired) electrons. The van der Waals surface area contributed by atoms with Gasteiger partial charge in [0.15, 0.2) is 0 Å². The highest BCUT2D eigenvalue weighted by atomic mass is 35.5. The van der Waals surface area contributed by atoms with E-state index in [1.54, 1.807) is 17.0 Å². The normalized spacial score (nSPS) is 20.9. The summed E-state index contributed by atoms with van der Waals surface area (Å²) in [6.45, 7) is 2.54. The third kappa shape index (κ3) is 2.48. The Kier molecular flexibility index (Phi) is 3.85. The van der Waals surface area contributed by atoms with Crippen LogP contribution in [-0.4, -0.2) is 17.4 Å². The van der Waals surface area contributed by atoms with Gasteiger partial charge in [0, 0.05) is 28.9 Å². The van der Waals surface area contributed by atoms with E-state index in [1.165, 1.54) is 0 Å². The summed E-state index contributed by atoms with van der Waals surface area (Å²) in [5.41, 5.74) is 0.895. The van der Waals surface area contributed by atoms with Crippen LogP contribution in [0.3, 0.4) is 0 Å². The molecule has 1 amide bonds. The van der Waals surface area contributed by atoms with E-state index in [0.717, 1.165) is 5.56 Å². The van der Waals surface area contributed by atoms with Crippen LogP contribution in [0.4, 0.5) is 0 Å². The molecule has 0 bridgehead atoms. The van der Waals surface area contributed by atoms with Gasteiger partial charge >= 0.3 is 0 Å². The van der Waals surface area contributed by atoms with E-state index in [4.69, 9.17) is 29.6 Å². The SMILES string of the molecule is C#CC1CC(=O)N(C(C)c2ccc(Cl)cc2Cl)C1. The number of nitrogens with zero attached hydrogens (tertiary/aromatic N) is 1. The minimum atomic E-state index is -0.0828. The molecule has 0 aromatic heterocycles. The molecule has 1 aromatic rings. The predicted molar refractivity (Wildman–Crippen MR) is 73.5 cm³/mol. The molecule has 1 aromatic carbocycles.